The summed E-state index contributed by atoms with van der Waals surface area (Å²) in [5.41, 5.74) is -0.128. The molecular weight excluding hydrogens is 180 g/mol. The highest BCUT2D eigenvalue weighted by Gasteiger charge is 2.65. The summed E-state index contributed by atoms with van der Waals surface area (Å²) in [5.74, 6) is -1.04. The van der Waals surface area contributed by atoms with Crippen LogP contribution >= 0.6 is 0 Å². The van der Waals surface area contributed by atoms with E-state index in [0.29, 0.717) is 0 Å². The van der Waals surface area contributed by atoms with E-state index in [0.717, 1.165) is 32.1 Å². The summed E-state index contributed by atoms with van der Waals surface area (Å²) in [6.07, 6.45) is 5.08. The van der Waals surface area contributed by atoms with Gasteiger partial charge in [-0.25, -0.2) is 4.79 Å². The fraction of sp³-hybridized carbons (Fsp3) is 0.909. The van der Waals surface area contributed by atoms with E-state index in [-0.39, 0.29) is 10.8 Å². The summed E-state index contributed by atoms with van der Waals surface area (Å²) in [6, 6.07) is 0. The van der Waals surface area contributed by atoms with Gasteiger partial charge in [-0.3, -0.25) is 0 Å². The van der Waals surface area contributed by atoms with Crippen molar-refractivity contribution in [2.45, 2.75) is 51.6 Å². The zero-order valence-electron chi connectivity index (χ0n) is 8.62. The second-order valence-electron chi connectivity index (χ2n) is 4.88. The number of rotatable bonds is 4. The van der Waals surface area contributed by atoms with Gasteiger partial charge in [0.05, 0.1) is 0 Å². The van der Waals surface area contributed by atoms with Crippen molar-refractivity contribution in [3.05, 3.63) is 0 Å². The predicted octanol–water partition coefficient (Wildman–Crippen LogP) is 1.79. The number of aliphatic hydroxyl groups excluding tert-OH is 1. The summed E-state index contributed by atoms with van der Waals surface area (Å²) in [7, 11) is 0. The Morgan fingerprint density at radius 2 is 1.93 bits per heavy atom. The molecule has 3 nitrogen and oxygen atoms in total. The number of aliphatic hydroxyl groups is 1. The molecule has 1 unspecified atom stereocenters. The first-order chi connectivity index (χ1) is 6.58. The molecule has 0 radical (unpaired) electrons. The van der Waals surface area contributed by atoms with E-state index in [1.807, 2.05) is 0 Å². The first-order valence-corrected chi connectivity index (χ1v) is 5.49. The van der Waals surface area contributed by atoms with E-state index in [9.17, 15) is 9.90 Å². The highest BCUT2D eigenvalue weighted by molar-refractivity contribution is 5.74. The molecule has 80 valence electrons. The lowest BCUT2D eigenvalue weighted by atomic mass is 9.56. The number of carboxylic acid groups (broad SMARTS) is 1. The molecule has 0 spiro atoms. The third-order valence-corrected chi connectivity index (χ3v) is 4.59. The Balaban J connectivity index is 2.19. The van der Waals surface area contributed by atoms with Gasteiger partial charge in [-0.05, 0) is 37.5 Å². The van der Waals surface area contributed by atoms with Crippen molar-refractivity contribution in [3.63, 3.8) is 0 Å². The second-order valence-corrected chi connectivity index (χ2v) is 4.88. The minimum atomic E-state index is -1.14. The van der Waals surface area contributed by atoms with Crippen molar-refractivity contribution in [2.75, 3.05) is 0 Å². The maximum Gasteiger partial charge on any atom is 0.333 e. The molecule has 2 aliphatic rings. The van der Waals surface area contributed by atoms with Crippen molar-refractivity contribution >= 4 is 5.97 Å². The van der Waals surface area contributed by atoms with Gasteiger partial charge in [-0.1, -0.05) is 13.3 Å². The standard InChI is InChI=1S/C11H18O3/c1-2-10(4-3-5-10)11(6-7-11)8(12)9(13)14/h8,12H,2-7H2,1H3,(H,13,14). The SMILES string of the molecule is CCC1(C2(C(O)C(=O)O)CC2)CCC1. The van der Waals surface area contributed by atoms with Gasteiger partial charge in [0.25, 0.3) is 0 Å². The number of hydrogen-bond donors (Lipinski definition) is 2. The Labute approximate surface area is 84.1 Å². The Bertz CT molecular complexity index is 246. The molecule has 0 aromatic rings. The van der Waals surface area contributed by atoms with Gasteiger partial charge < -0.3 is 10.2 Å². The molecular formula is C11H18O3. The maximum atomic E-state index is 10.8. The Morgan fingerprint density at radius 3 is 2.14 bits per heavy atom. The molecule has 1 atom stereocenters. The monoisotopic (exact) mass is 198 g/mol. The van der Waals surface area contributed by atoms with Crippen LogP contribution in [0.3, 0.4) is 0 Å². The summed E-state index contributed by atoms with van der Waals surface area (Å²) in [5, 5.41) is 18.6. The van der Waals surface area contributed by atoms with Crippen LogP contribution < -0.4 is 0 Å². The smallest absolute Gasteiger partial charge is 0.333 e. The Hall–Kier alpha value is -0.570. The van der Waals surface area contributed by atoms with Gasteiger partial charge in [-0.15, -0.1) is 0 Å². The first-order valence-electron chi connectivity index (χ1n) is 5.49. The fourth-order valence-electron chi connectivity index (χ4n) is 3.27. The van der Waals surface area contributed by atoms with Crippen LogP contribution in [0.2, 0.25) is 0 Å². The lowest BCUT2D eigenvalue weighted by molar-refractivity contribution is -0.158. The van der Waals surface area contributed by atoms with Gasteiger partial charge >= 0.3 is 5.97 Å². The normalized spacial score (nSPS) is 29.0. The maximum absolute atomic E-state index is 10.8. The van der Waals surface area contributed by atoms with Crippen molar-refractivity contribution in [2.24, 2.45) is 10.8 Å². The first kappa shape index (κ1) is 9.97. The number of carbonyl (C=O) groups is 1. The third kappa shape index (κ3) is 1.05. The quantitative estimate of drug-likeness (QED) is 0.724. The molecule has 2 rings (SSSR count). The van der Waals surface area contributed by atoms with Crippen LogP contribution in [0.25, 0.3) is 0 Å². The average molecular weight is 198 g/mol. The topological polar surface area (TPSA) is 57.5 Å². The molecule has 0 aromatic carbocycles. The van der Waals surface area contributed by atoms with E-state index in [4.69, 9.17) is 5.11 Å². The van der Waals surface area contributed by atoms with Crippen LogP contribution in [0.1, 0.15) is 45.4 Å². The number of carboxylic acids is 1. The van der Waals surface area contributed by atoms with Crippen molar-refractivity contribution in [3.8, 4) is 0 Å². The zero-order valence-corrected chi connectivity index (χ0v) is 8.62. The third-order valence-electron chi connectivity index (χ3n) is 4.59. The molecule has 0 heterocycles. The largest absolute Gasteiger partial charge is 0.479 e. The molecule has 2 aliphatic carbocycles. The minimum Gasteiger partial charge on any atom is -0.479 e. The van der Waals surface area contributed by atoms with E-state index in [2.05, 4.69) is 6.92 Å². The average Bonchev–Trinajstić information content (AvgIpc) is 2.83. The summed E-state index contributed by atoms with van der Waals surface area (Å²) in [6.45, 7) is 2.12. The highest BCUT2D eigenvalue weighted by Crippen LogP contribution is 2.69. The van der Waals surface area contributed by atoms with Crippen LogP contribution in [0.5, 0.6) is 0 Å². The van der Waals surface area contributed by atoms with Gasteiger partial charge in [0.1, 0.15) is 0 Å². The lowest BCUT2D eigenvalue weighted by Gasteiger charge is -2.49. The number of hydrogen-bond acceptors (Lipinski definition) is 2. The Morgan fingerprint density at radius 1 is 1.36 bits per heavy atom. The number of aliphatic carboxylic acids is 1. The molecule has 2 N–H and O–H groups in total. The van der Waals surface area contributed by atoms with Gasteiger partial charge in [0.2, 0.25) is 0 Å². The van der Waals surface area contributed by atoms with Crippen LogP contribution in [-0.2, 0) is 4.79 Å². The molecule has 0 amide bonds. The molecule has 0 bridgehead atoms. The minimum absolute atomic E-state index is 0.144. The van der Waals surface area contributed by atoms with E-state index in [1.165, 1.54) is 6.42 Å². The molecule has 0 saturated heterocycles. The molecule has 0 aliphatic heterocycles. The Kier molecular flexibility index (Phi) is 2.11. The van der Waals surface area contributed by atoms with Crippen molar-refractivity contribution < 1.29 is 15.0 Å². The predicted molar refractivity (Wildman–Crippen MR) is 51.9 cm³/mol. The van der Waals surface area contributed by atoms with Crippen LogP contribution in [0, 0.1) is 10.8 Å². The van der Waals surface area contributed by atoms with Gasteiger partial charge in [-0.2, -0.15) is 0 Å². The van der Waals surface area contributed by atoms with Crippen molar-refractivity contribution in [1.29, 1.82) is 0 Å². The van der Waals surface area contributed by atoms with Gasteiger partial charge in [0.15, 0.2) is 6.10 Å². The second kappa shape index (κ2) is 2.96. The lowest BCUT2D eigenvalue weighted by Crippen LogP contribution is -2.47. The summed E-state index contributed by atoms with van der Waals surface area (Å²) >= 11 is 0. The highest BCUT2D eigenvalue weighted by atomic mass is 16.4. The van der Waals surface area contributed by atoms with Crippen LogP contribution in [0.15, 0.2) is 0 Å². The molecule has 3 heteroatoms. The van der Waals surface area contributed by atoms with E-state index < -0.39 is 12.1 Å². The zero-order chi connectivity index (χ0) is 10.4. The van der Waals surface area contributed by atoms with E-state index >= 15 is 0 Å². The van der Waals surface area contributed by atoms with Crippen LogP contribution in [0.4, 0.5) is 0 Å². The van der Waals surface area contributed by atoms with Crippen LogP contribution in [-0.4, -0.2) is 22.3 Å². The molecule has 2 saturated carbocycles. The molecule has 2 fully saturated rings. The van der Waals surface area contributed by atoms with Gasteiger partial charge in [0, 0.05) is 5.41 Å². The molecule has 0 aromatic heterocycles. The summed E-state index contributed by atoms with van der Waals surface area (Å²) in [4.78, 5) is 10.8. The molecule has 14 heavy (non-hydrogen) atoms. The fourth-order valence-corrected chi connectivity index (χ4v) is 3.27. The van der Waals surface area contributed by atoms with E-state index in [1.54, 1.807) is 0 Å². The summed E-state index contributed by atoms with van der Waals surface area (Å²) < 4.78 is 0. The van der Waals surface area contributed by atoms with Crippen molar-refractivity contribution in [1.82, 2.24) is 0 Å².